The van der Waals surface area contributed by atoms with Crippen molar-refractivity contribution in [1.29, 1.82) is 0 Å². The summed E-state index contributed by atoms with van der Waals surface area (Å²) < 4.78 is 18.2. The number of hydrogen-bond acceptors (Lipinski definition) is 3. The number of nitrogens with one attached hydrogen (secondary N) is 1. The zero-order valence-corrected chi connectivity index (χ0v) is 12.5. The molecule has 0 saturated carbocycles. The summed E-state index contributed by atoms with van der Waals surface area (Å²) in [6.45, 7) is 2.54. The highest BCUT2D eigenvalue weighted by atomic mass is 19.1. The van der Waals surface area contributed by atoms with Crippen molar-refractivity contribution in [3.8, 4) is 0 Å². The van der Waals surface area contributed by atoms with Crippen LogP contribution in [-0.2, 0) is 14.3 Å². The molecule has 2 N–H and O–H groups in total. The van der Waals surface area contributed by atoms with Crippen LogP contribution >= 0.6 is 0 Å². The molecule has 0 spiro atoms. The van der Waals surface area contributed by atoms with E-state index in [9.17, 15) is 14.0 Å². The number of carbonyl (C=O) groups excluding carboxylic acids is 1. The molecule has 0 aromatic heterocycles. The largest absolute Gasteiger partial charge is 0.481 e. The van der Waals surface area contributed by atoms with Crippen LogP contribution in [0.5, 0.6) is 0 Å². The standard InChI is InChI=1S/C16H20FNO4/c1-11(12-2-4-13(17)5-3-12)8-14(19)18-16(9-15(20)21)6-7-22-10-16/h2-5,11H,6-10H2,1H3,(H,18,19)(H,20,21). The van der Waals surface area contributed by atoms with Crippen LogP contribution in [0.4, 0.5) is 4.39 Å². The Kier molecular flexibility index (Phi) is 5.13. The number of halogens is 1. The molecule has 2 unspecified atom stereocenters. The van der Waals surface area contributed by atoms with E-state index in [0.29, 0.717) is 13.0 Å². The highest BCUT2D eigenvalue weighted by molar-refractivity contribution is 5.79. The van der Waals surface area contributed by atoms with E-state index < -0.39 is 11.5 Å². The molecule has 5 nitrogen and oxygen atoms in total. The molecule has 1 saturated heterocycles. The van der Waals surface area contributed by atoms with Gasteiger partial charge in [0.15, 0.2) is 0 Å². The van der Waals surface area contributed by atoms with Gasteiger partial charge in [-0.3, -0.25) is 9.59 Å². The molecule has 1 aliphatic heterocycles. The Labute approximate surface area is 128 Å². The van der Waals surface area contributed by atoms with Gasteiger partial charge in [-0.2, -0.15) is 0 Å². The van der Waals surface area contributed by atoms with Gasteiger partial charge < -0.3 is 15.2 Å². The number of carboxylic acids is 1. The van der Waals surface area contributed by atoms with Crippen molar-refractivity contribution >= 4 is 11.9 Å². The lowest BCUT2D eigenvalue weighted by Crippen LogP contribution is -2.50. The Hall–Kier alpha value is -1.95. The van der Waals surface area contributed by atoms with Gasteiger partial charge in [0.1, 0.15) is 5.82 Å². The van der Waals surface area contributed by atoms with E-state index in [2.05, 4.69) is 5.32 Å². The maximum Gasteiger partial charge on any atom is 0.305 e. The predicted octanol–water partition coefficient (Wildman–Crippen LogP) is 2.07. The number of hydrogen-bond donors (Lipinski definition) is 2. The van der Waals surface area contributed by atoms with Crippen LogP contribution < -0.4 is 5.32 Å². The molecule has 2 atom stereocenters. The second-order valence-corrected chi connectivity index (χ2v) is 5.86. The van der Waals surface area contributed by atoms with E-state index in [1.54, 1.807) is 12.1 Å². The quantitative estimate of drug-likeness (QED) is 0.843. The van der Waals surface area contributed by atoms with Crippen LogP contribution in [0.1, 0.15) is 37.7 Å². The van der Waals surface area contributed by atoms with Gasteiger partial charge in [-0.25, -0.2) is 4.39 Å². The number of amides is 1. The van der Waals surface area contributed by atoms with Gasteiger partial charge in [0.25, 0.3) is 0 Å². The molecule has 0 bridgehead atoms. The third kappa shape index (κ3) is 4.27. The molecular weight excluding hydrogens is 289 g/mol. The first kappa shape index (κ1) is 16.4. The number of carbonyl (C=O) groups is 2. The zero-order valence-electron chi connectivity index (χ0n) is 12.5. The fourth-order valence-corrected chi connectivity index (χ4v) is 2.71. The van der Waals surface area contributed by atoms with Crippen LogP contribution in [0.3, 0.4) is 0 Å². The van der Waals surface area contributed by atoms with Crippen molar-refractivity contribution < 1.29 is 23.8 Å². The minimum atomic E-state index is -0.961. The summed E-state index contributed by atoms with van der Waals surface area (Å²) in [6.07, 6.45) is 0.562. The van der Waals surface area contributed by atoms with Crippen molar-refractivity contribution in [3.05, 3.63) is 35.6 Å². The van der Waals surface area contributed by atoms with E-state index in [4.69, 9.17) is 9.84 Å². The molecule has 1 aromatic rings. The number of carboxylic acid groups (broad SMARTS) is 1. The summed E-state index contributed by atoms with van der Waals surface area (Å²) in [6, 6.07) is 6.03. The average Bonchev–Trinajstić information content (AvgIpc) is 2.86. The monoisotopic (exact) mass is 309 g/mol. The Balaban J connectivity index is 1.96. The highest BCUT2D eigenvalue weighted by Crippen LogP contribution is 2.25. The van der Waals surface area contributed by atoms with Crippen molar-refractivity contribution in [2.45, 2.75) is 37.6 Å². The van der Waals surface area contributed by atoms with E-state index >= 15 is 0 Å². The van der Waals surface area contributed by atoms with Gasteiger partial charge in [-0.05, 0) is 30.0 Å². The summed E-state index contributed by atoms with van der Waals surface area (Å²) in [7, 11) is 0. The Morgan fingerprint density at radius 3 is 2.64 bits per heavy atom. The molecular formula is C16H20FNO4. The average molecular weight is 309 g/mol. The molecule has 1 heterocycles. The minimum Gasteiger partial charge on any atom is -0.481 e. The van der Waals surface area contributed by atoms with Crippen LogP contribution in [0.2, 0.25) is 0 Å². The number of aliphatic carboxylic acids is 1. The van der Waals surface area contributed by atoms with Crippen LogP contribution in [0, 0.1) is 5.82 Å². The molecule has 0 radical (unpaired) electrons. The molecule has 2 rings (SSSR count). The highest BCUT2D eigenvalue weighted by Gasteiger charge is 2.38. The second-order valence-electron chi connectivity index (χ2n) is 5.86. The van der Waals surface area contributed by atoms with Gasteiger partial charge in [0.05, 0.1) is 18.6 Å². The van der Waals surface area contributed by atoms with E-state index in [0.717, 1.165) is 5.56 Å². The van der Waals surface area contributed by atoms with Gasteiger partial charge in [-0.15, -0.1) is 0 Å². The first-order chi connectivity index (χ1) is 10.4. The molecule has 1 fully saturated rings. The van der Waals surface area contributed by atoms with Gasteiger partial charge in [0.2, 0.25) is 5.91 Å². The number of ether oxygens (including phenoxy) is 1. The lowest BCUT2D eigenvalue weighted by atomic mass is 9.92. The van der Waals surface area contributed by atoms with Crippen molar-refractivity contribution in [1.82, 2.24) is 5.32 Å². The van der Waals surface area contributed by atoms with Gasteiger partial charge in [0, 0.05) is 13.0 Å². The summed E-state index contributed by atoms with van der Waals surface area (Å²) in [5.41, 5.74) is 0.0531. The van der Waals surface area contributed by atoms with E-state index in [1.165, 1.54) is 12.1 Å². The third-order valence-electron chi connectivity index (χ3n) is 3.93. The Morgan fingerprint density at radius 1 is 1.41 bits per heavy atom. The maximum atomic E-state index is 12.9. The fraction of sp³-hybridized carbons (Fsp3) is 0.500. The van der Waals surface area contributed by atoms with Crippen molar-refractivity contribution in [2.24, 2.45) is 0 Å². The van der Waals surface area contributed by atoms with Crippen molar-refractivity contribution in [3.63, 3.8) is 0 Å². The van der Waals surface area contributed by atoms with Gasteiger partial charge >= 0.3 is 5.97 Å². The molecule has 0 aliphatic carbocycles. The Morgan fingerprint density at radius 2 is 2.09 bits per heavy atom. The lowest BCUT2D eigenvalue weighted by Gasteiger charge is -2.27. The maximum absolute atomic E-state index is 12.9. The van der Waals surface area contributed by atoms with Crippen LogP contribution in [-0.4, -0.2) is 35.7 Å². The molecule has 1 amide bonds. The first-order valence-corrected chi connectivity index (χ1v) is 7.26. The molecule has 1 aromatic carbocycles. The minimum absolute atomic E-state index is 0.0789. The number of rotatable bonds is 6. The van der Waals surface area contributed by atoms with Gasteiger partial charge in [-0.1, -0.05) is 19.1 Å². The molecule has 1 aliphatic rings. The van der Waals surface area contributed by atoms with E-state index in [-0.39, 0.29) is 37.1 Å². The summed E-state index contributed by atoms with van der Waals surface area (Å²) in [4.78, 5) is 23.2. The predicted molar refractivity (Wildman–Crippen MR) is 78.0 cm³/mol. The lowest BCUT2D eigenvalue weighted by molar-refractivity contribution is -0.139. The molecule has 22 heavy (non-hydrogen) atoms. The van der Waals surface area contributed by atoms with Crippen LogP contribution in [0.15, 0.2) is 24.3 Å². The zero-order chi connectivity index (χ0) is 16.2. The summed E-state index contributed by atoms with van der Waals surface area (Å²) >= 11 is 0. The Bertz CT molecular complexity index is 538. The molecule has 120 valence electrons. The smallest absolute Gasteiger partial charge is 0.305 e. The van der Waals surface area contributed by atoms with Crippen LogP contribution in [0.25, 0.3) is 0 Å². The summed E-state index contributed by atoms with van der Waals surface area (Å²) in [5.74, 6) is -1.57. The number of benzene rings is 1. The molecule has 6 heteroatoms. The second kappa shape index (κ2) is 6.87. The van der Waals surface area contributed by atoms with E-state index in [1.807, 2.05) is 6.92 Å². The van der Waals surface area contributed by atoms with Crippen molar-refractivity contribution in [2.75, 3.05) is 13.2 Å². The topological polar surface area (TPSA) is 75.6 Å². The third-order valence-corrected chi connectivity index (χ3v) is 3.93. The normalized spacial score (nSPS) is 22.3. The summed E-state index contributed by atoms with van der Waals surface area (Å²) in [5, 5.41) is 11.8. The fourth-order valence-electron chi connectivity index (χ4n) is 2.71. The first-order valence-electron chi connectivity index (χ1n) is 7.26. The SMILES string of the molecule is CC(CC(=O)NC1(CC(=O)O)CCOC1)c1ccc(F)cc1.